The highest BCUT2D eigenvalue weighted by Gasteiger charge is 2.28. The van der Waals surface area contributed by atoms with Crippen LogP contribution in [0.3, 0.4) is 0 Å². The number of alkyl halides is 3. The van der Waals surface area contributed by atoms with Crippen molar-refractivity contribution in [3.05, 3.63) is 29.5 Å². The molecule has 0 radical (unpaired) electrons. The lowest BCUT2D eigenvalue weighted by Gasteiger charge is -2.24. The van der Waals surface area contributed by atoms with Crippen LogP contribution in [0.25, 0.3) is 10.9 Å². The van der Waals surface area contributed by atoms with Crippen LogP contribution >= 0.6 is 12.4 Å². The fraction of sp³-hybridized carbons (Fsp3) is 0.529. The average Bonchev–Trinajstić information content (AvgIpc) is 2.84. The summed E-state index contributed by atoms with van der Waals surface area (Å²) in [6.45, 7) is 2.64. The van der Waals surface area contributed by atoms with Crippen LogP contribution in [-0.2, 0) is 6.54 Å². The summed E-state index contributed by atoms with van der Waals surface area (Å²) in [5.41, 5.74) is 1.87. The molecule has 1 saturated carbocycles. The maximum absolute atomic E-state index is 12.3. The number of hydrogen-bond donors (Lipinski definition) is 0. The molecule has 1 aromatic heterocycles. The van der Waals surface area contributed by atoms with Crippen molar-refractivity contribution in [1.82, 2.24) is 9.78 Å². The van der Waals surface area contributed by atoms with Crippen molar-refractivity contribution in [3.8, 4) is 0 Å². The number of nitrogens with zero attached hydrogens (tertiary/aromatic N) is 2. The van der Waals surface area contributed by atoms with Gasteiger partial charge in [0.05, 0.1) is 11.9 Å². The van der Waals surface area contributed by atoms with E-state index in [1.165, 1.54) is 19.3 Å². The van der Waals surface area contributed by atoms with Gasteiger partial charge in [-0.1, -0.05) is 6.42 Å². The fourth-order valence-corrected chi connectivity index (χ4v) is 3.01. The van der Waals surface area contributed by atoms with E-state index in [4.69, 9.17) is 0 Å². The summed E-state index contributed by atoms with van der Waals surface area (Å²) >= 11 is 0. The smallest absolute Gasteiger partial charge is 0.294 e. The van der Waals surface area contributed by atoms with E-state index >= 15 is 0 Å². The summed E-state index contributed by atoms with van der Waals surface area (Å²) in [7, 11) is 0. The normalized spacial score (nSPS) is 15.2. The Hall–Kier alpha value is -1.56. The van der Waals surface area contributed by atoms with Crippen LogP contribution in [-0.4, -0.2) is 21.7 Å². The zero-order valence-corrected chi connectivity index (χ0v) is 14.2. The standard InChI is InChI=1S/C17H19F3N2O.ClH/c1-11-13(16(23)7-8-17(18,19)20)5-6-15-14(11)10-22(21-15)9-12-3-2-4-12;/h5-6,10,12H,2-4,7-9H2,1H3;1H. The average molecular weight is 361 g/mol. The van der Waals surface area contributed by atoms with E-state index in [-0.39, 0.29) is 12.4 Å². The maximum Gasteiger partial charge on any atom is 0.389 e. The van der Waals surface area contributed by atoms with Gasteiger partial charge in [0.25, 0.3) is 0 Å². The first-order valence-corrected chi connectivity index (χ1v) is 7.90. The number of ketones is 1. The topological polar surface area (TPSA) is 34.9 Å². The first-order chi connectivity index (χ1) is 10.8. The minimum absolute atomic E-state index is 0. The highest BCUT2D eigenvalue weighted by molar-refractivity contribution is 6.01. The Morgan fingerprint density at radius 3 is 2.62 bits per heavy atom. The first kappa shape index (κ1) is 18.8. The van der Waals surface area contributed by atoms with Gasteiger partial charge >= 0.3 is 6.18 Å². The molecule has 1 aliphatic carbocycles. The molecular formula is C17H20ClF3N2O. The molecule has 3 nitrogen and oxygen atoms in total. The number of benzene rings is 1. The van der Waals surface area contributed by atoms with Crippen molar-refractivity contribution in [2.45, 2.75) is 51.7 Å². The van der Waals surface area contributed by atoms with E-state index < -0.39 is 24.8 Å². The lowest BCUT2D eigenvalue weighted by molar-refractivity contribution is -0.133. The molecule has 0 atom stereocenters. The zero-order chi connectivity index (χ0) is 16.6. The van der Waals surface area contributed by atoms with E-state index in [1.807, 2.05) is 10.9 Å². The van der Waals surface area contributed by atoms with Gasteiger partial charge in [-0.15, -0.1) is 12.4 Å². The van der Waals surface area contributed by atoms with Crippen molar-refractivity contribution in [1.29, 1.82) is 0 Å². The van der Waals surface area contributed by atoms with Crippen molar-refractivity contribution in [3.63, 3.8) is 0 Å². The van der Waals surface area contributed by atoms with E-state index in [0.717, 1.165) is 23.0 Å². The highest BCUT2D eigenvalue weighted by atomic mass is 35.5. The molecule has 1 aliphatic rings. The van der Waals surface area contributed by atoms with Crippen LogP contribution < -0.4 is 0 Å². The number of aromatic nitrogens is 2. The molecule has 0 unspecified atom stereocenters. The second-order valence-corrected chi connectivity index (χ2v) is 6.36. The maximum atomic E-state index is 12.3. The third kappa shape index (κ3) is 4.09. The molecule has 0 aliphatic heterocycles. The number of rotatable bonds is 5. The molecule has 0 spiro atoms. The summed E-state index contributed by atoms with van der Waals surface area (Å²) in [5.74, 6) is 0.200. The highest BCUT2D eigenvalue weighted by Crippen LogP contribution is 2.29. The number of Topliss-reactive ketones (excluding diaryl/α,β-unsaturated/α-hetero) is 1. The van der Waals surface area contributed by atoms with Crippen LogP contribution in [0.2, 0.25) is 0 Å². The molecule has 0 N–H and O–H groups in total. The molecule has 7 heteroatoms. The van der Waals surface area contributed by atoms with Gasteiger partial charge in [-0.2, -0.15) is 18.3 Å². The number of carbonyl (C=O) groups is 1. The second kappa shape index (κ2) is 7.13. The summed E-state index contributed by atoms with van der Waals surface area (Å²) < 4.78 is 38.7. The quantitative estimate of drug-likeness (QED) is 0.696. The van der Waals surface area contributed by atoms with Crippen molar-refractivity contribution in [2.75, 3.05) is 0 Å². The largest absolute Gasteiger partial charge is 0.389 e. The van der Waals surface area contributed by atoms with E-state index in [0.29, 0.717) is 11.5 Å². The Labute approximate surface area is 144 Å². The third-order valence-corrected chi connectivity index (χ3v) is 4.61. The molecule has 132 valence electrons. The van der Waals surface area contributed by atoms with Gasteiger partial charge in [-0.05, 0) is 43.4 Å². The Kier molecular flexibility index (Phi) is 5.58. The fourth-order valence-electron chi connectivity index (χ4n) is 3.01. The molecule has 0 bridgehead atoms. The van der Waals surface area contributed by atoms with Crippen molar-refractivity contribution < 1.29 is 18.0 Å². The Balaban J connectivity index is 0.00000208. The predicted octanol–water partition coefficient (Wildman–Crippen LogP) is 5.09. The van der Waals surface area contributed by atoms with Gasteiger partial charge in [-0.3, -0.25) is 9.48 Å². The lowest BCUT2D eigenvalue weighted by atomic mass is 9.85. The number of carbonyl (C=O) groups excluding carboxylic acids is 1. The monoisotopic (exact) mass is 360 g/mol. The number of halogens is 4. The summed E-state index contributed by atoms with van der Waals surface area (Å²) in [6, 6.07) is 3.32. The van der Waals surface area contributed by atoms with E-state index in [9.17, 15) is 18.0 Å². The molecule has 1 aromatic carbocycles. The first-order valence-electron chi connectivity index (χ1n) is 7.90. The van der Waals surface area contributed by atoms with Crippen LogP contribution in [0.4, 0.5) is 13.2 Å². The number of fused-ring (bicyclic) bond motifs is 1. The molecule has 0 saturated heterocycles. The van der Waals surface area contributed by atoms with E-state index in [2.05, 4.69) is 5.10 Å². The summed E-state index contributed by atoms with van der Waals surface area (Å²) in [4.78, 5) is 12.1. The predicted molar refractivity (Wildman–Crippen MR) is 88.7 cm³/mol. The van der Waals surface area contributed by atoms with Crippen LogP contribution in [0.5, 0.6) is 0 Å². The van der Waals surface area contributed by atoms with Crippen molar-refractivity contribution >= 4 is 29.1 Å². The molecule has 3 rings (SSSR count). The van der Waals surface area contributed by atoms with Crippen molar-refractivity contribution in [2.24, 2.45) is 5.92 Å². The minimum atomic E-state index is -4.30. The Bertz CT molecular complexity index is 735. The Morgan fingerprint density at radius 2 is 2.04 bits per heavy atom. The molecule has 1 heterocycles. The summed E-state index contributed by atoms with van der Waals surface area (Å²) in [6.07, 6.45) is -0.282. The molecule has 0 amide bonds. The van der Waals surface area contributed by atoms with Crippen LogP contribution in [0, 0.1) is 12.8 Å². The second-order valence-electron chi connectivity index (χ2n) is 6.36. The number of hydrogen-bond acceptors (Lipinski definition) is 2. The molecule has 24 heavy (non-hydrogen) atoms. The Morgan fingerprint density at radius 1 is 1.33 bits per heavy atom. The lowest BCUT2D eigenvalue weighted by Crippen LogP contribution is -2.18. The van der Waals surface area contributed by atoms with Gasteiger partial charge in [0.15, 0.2) is 5.78 Å². The zero-order valence-electron chi connectivity index (χ0n) is 13.4. The molecule has 2 aromatic rings. The van der Waals surface area contributed by atoms with Crippen LogP contribution in [0.15, 0.2) is 18.3 Å². The molecule has 1 fully saturated rings. The van der Waals surface area contributed by atoms with Crippen LogP contribution in [0.1, 0.15) is 48.0 Å². The summed E-state index contributed by atoms with van der Waals surface area (Å²) in [5, 5.41) is 5.36. The third-order valence-electron chi connectivity index (χ3n) is 4.61. The van der Waals surface area contributed by atoms with Gasteiger partial charge in [0.1, 0.15) is 0 Å². The van der Waals surface area contributed by atoms with Gasteiger partial charge in [-0.25, -0.2) is 0 Å². The van der Waals surface area contributed by atoms with E-state index in [1.54, 1.807) is 19.1 Å². The van der Waals surface area contributed by atoms with Gasteiger partial charge < -0.3 is 0 Å². The van der Waals surface area contributed by atoms with Gasteiger partial charge in [0, 0.05) is 30.1 Å². The number of aryl methyl sites for hydroxylation is 1. The SMILES string of the molecule is Cc1c(C(=O)CCC(F)(F)F)ccc2nn(CC3CCC3)cc12.Cl. The molecular weight excluding hydrogens is 341 g/mol. The van der Waals surface area contributed by atoms with Gasteiger partial charge in [0.2, 0.25) is 0 Å². The minimum Gasteiger partial charge on any atom is -0.294 e.